The van der Waals surface area contributed by atoms with Gasteiger partial charge in [0.25, 0.3) is 5.91 Å². The second kappa shape index (κ2) is 7.99. The number of hydrogen-bond donors (Lipinski definition) is 0. The highest BCUT2D eigenvalue weighted by Gasteiger charge is 2.34. The monoisotopic (exact) mass is 416 g/mol. The van der Waals surface area contributed by atoms with E-state index in [0.717, 1.165) is 28.6 Å². The number of likely N-dealkylation sites (tertiary alicyclic amines) is 1. The molecule has 0 bridgehead atoms. The number of methoxy groups -OCH3 is 1. The third-order valence-corrected chi connectivity index (χ3v) is 5.17. The van der Waals surface area contributed by atoms with Crippen LogP contribution in [-0.2, 0) is 9.53 Å². The van der Waals surface area contributed by atoms with Gasteiger partial charge < -0.3 is 9.64 Å². The number of carbonyl (C=O) groups excluding carboxylic acids is 2. The smallest absolute Gasteiger partial charge is 0.328 e. The lowest BCUT2D eigenvalue weighted by Crippen LogP contribution is -2.48. The summed E-state index contributed by atoms with van der Waals surface area (Å²) in [5.74, 6) is -0.514. The van der Waals surface area contributed by atoms with Crippen LogP contribution in [0.25, 0.3) is 11.3 Å². The van der Waals surface area contributed by atoms with Crippen molar-refractivity contribution < 1.29 is 14.3 Å². The molecule has 0 spiro atoms. The third-order valence-electron chi connectivity index (χ3n) is 4.67. The minimum absolute atomic E-state index is 0.161. The van der Waals surface area contributed by atoms with E-state index in [0.29, 0.717) is 24.2 Å². The fourth-order valence-electron chi connectivity index (χ4n) is 3.31. The fourth-order valence-corrected chi connectivity index (χ4v) is 3.71. The van der Waals surface area contributed by atoms with Gasteiger partial charge in [-0.2, -0.15) is 0 Å². The van der Waals surface area contributed by atoms with Crippen molar-refractivity contribution in [2.24, 2.45) is 0 Å². The molecule has 1 fully saturated rings. The van der Waals surface area contributed by atoms with Crippen LogP contribution >= 0.6 is 15.9 Å². The van der Waals surface area contributed by atoms with E-state index >= 15 is 0 Å². The zero-order valence-corrected chi connectivity index (χ0v) is 16.5. The van der Waals surface area contributed by atoms with Gasteiger partial charge in [0.05, 0.1) is 24.1 Å². The quantitative estimate of drug-likeness (QED) is 0.709. The summed E-state index contributed by atoms with van der Waals surface area (Å²) >= 11 is 3.46. The number of halogens is 1. The van der Waals surface area contributed by atoms with Crippen LogP contribution in [0.2, 0.25) is 0 Å². The number of benzene rings is 1. The Kier molecular flexibility index (Phi) is 5.71. The van der Waals surface area contributed by atoms with Gasteiger partial charge in [-0.1, -0.05) is 28.1 Å². The first-order chi connectivity index (χ1) is 12.5. The summed E-state index contributed by atoms with van der Waals surface area (Å²) in [6.45, 7) is 2.39. The van der Waals surface area contributed by atoms with Gasteiger partial charge >= 0.3 is 5.97 Å². The average molecular weight is 417 g/mol. The van der Waals surface area contributed by atoms with Crippen LogP contribution in [0, 0.1) is 6.92 Å². The number of aromatic nitrogens is 1. The molecule has 0 aliphatic carbocycles. The van der Waals surface area contributed by atoms with Crippen LogP contribution in [0.4, 0.5) is 0 Å². The summed E-state index contributed by atoms with van der Waals surface area (Å²) in [4.78, 5) is 31.3. The largest absolute Gasteiger partial charge is 0.467 e. The number of esters is 1. The Balaban J connectivity index is 1.89. The van der Waals surface area contributed by atoms with E-state index < -0.39 is 6.04 Å². The predicted molar refractivity (Wildman–Crippen MR) is 103 cm³/mol. The molecule has 136 valence electrons. The Morgan fingerprint density at radius 3 is 2.73 bits per heavy atom. The minimum atomic E-state index is -0.509. The molecule has 26 heavy (non-hydrogen) atoms. The molecule has 1 amide bonds. The van der Waals surface area contributed by atoms with Crippen molar-refractivity contribution in [3.63, 3.8) is 0 Å². The van der Waals surface area contributed by atoms with Gasteiger partial charge in [0.1, 0.15) is 6.04 Å². The number of hydrogen-bond acceptors (Lipinski definition) is 4. The molecule has 1 aliphatic heterocycles. The molecule has 0 saturated carbocycles. The zero-order chi connectivity index (χ0) is 18.7. The number of nitrogens with zero attached hydrogens (tertiary/aromatic N) is 2. The predicted octanol–water partition coefficient (Wildman–Crippen LogP) is 3.99. The van der Waals surface area contributed by atoms with Gasteiger partial charge in [-0.25, -0.2) is 4.79 Å². The lowest BCUT2D eigenvalue weighted by atomic mass is 10.00. The van der Waals surface area contributed by atoms with Gasteiger partial charge in [0.2, 0.25) is 0 Å². The van der Waals surface area contributed by atoms with E-state index in [2.05, 4.69) is 20.9 Å². The Morgan fingerprint density at radius 1 is 1.23 bits per heavy atom. The van der Waals surface area contributed by atoms with Crippen molar-refractivity contribution in [1.82, 2.24) is 9.88 Å². The van der Waals surface area contributed by atoms with Crippen molar-refractivity contribution >= 4 is 27.8 Å². The lowest BCUT2D eigenvalue weighted by molar-refractivity contribution is -0.147. The molecular weight excluding hydrogens is 396 g/mol. The molecule has 1 aliphatic rings. The molecule has 0 N–H and O–H groups in total. The van der Waals surface area contributed by atoms with Gasteiger partial charge in [0, 0.05) is 16.6 Å². The number of aryl methyl sites for hydroxylation is 1. The molecule has 0 radical (unpaired) electrons. The highest BCUT2D eigenvalue weighted by Crippen LogP contribution is 2.25. The molecule has 2 aromatic rings. The molecular formula is C20H21BrN2O3. The molecule has 2 heterocycles. The zero-order valence-electron chi connectivity index (χ0n) is 14.9. The average Bonchev–Trinajstić information content (AvgIpc) is 2.66. The third kappa shape index (κ3) is 3.80. The van der Waals surface area contributed by atoms with Crippen molar-refractivity contribution in [3.8, 4) is 11.3 Å². The Bertz CT molecular complexity index is 838. The van der Waals surface area contributed by atoms with Crippen molar-refractivity contribution in [2.75, 3.05) is 13.7 Å². The number of carbonyl (C=O) groups is 2. The minimum Gasteiger partial charge on any atom is -0.467 e. The Labute approximate surface area is 161 Å². The van der Waals surface area contributed by atoms with Crippen molar-refractivity contribution in [2.45, 2.75) is 32.2 Å². The van der Waals surface area contributed by atoms with Gasteiger partial charge in [-0.15, -0.1) is 0 Å². The van der Waals surface area contributed by atoms with Crippen LogP contribution < -0.4 is 0 Å². The highest BCUT2D eigenvalue weighted by molar-refractivity contribution is 9.10. The van der Waals surface area contributed by atoms with Crippen molar-refractivity contribution in [1.29, 1.82) is 0 Å². The van der Waals surface area contributed by atoms with Crippen LogP contribution in [0.5, 0.6) is 0 Å². The van der Waals surface area contributed by atoms with E-state index in [1.165, 1.54) is 7.11 Å². The van der Waals surface area contributed by atoms with Gasteiger partial charge in [-0.05, 0) is 50.5 Å². The van der Waals surface area contributed by atoms with Crippen LogP contribution in [0.1, 0.15) is 35.3 Å². The molecule has 1 saturated heterocycles. The number of pyridine rings is 1. The molecule has 1 unspecified atom stereocenters. The standard InChI is InChI=1S/C20H21BrN2O3/c1-13-16(9-10-17(22-13)14-6-5-7-15(21)12-14)19(24)23-11-4-3-8-18(23)20(25)26-2/h5-7,9-10,12,18H,3-4,8,11H2,1-2H3. The van der Waals surface area contributed by atoms with E-state index in [4.69, 9.17) is 4.74 Å². The van der Waals surface area contributed by atoms with Gasteiger partial charge in [-0.3, -0.25) is 9.78 Å². The maximum absolute atomic E-state index is 13.0. The second-order valence-corrected chi connectivity index (χ2v) is 7.29. The van der Waals surface area contributed by atoms with E-state index in [9.17, 15) is 9.59 Å². The summed E-state index contributed by atoms with van der Waals surface area (Å²) in [5.41, 5.74) is 2.97. The fraction of sp³-hybridized carbons (Fsp3) is 0.350. The topological polar surface area (TPSA) is 59.5 Å². The summed E-state index contributed by atoms with van der Waals surface area (Å²) in [5, 5.41) is 0. The Hall–Kier alpha value is -2.21. The normalized spacial score (nSPS) is 17.0. The summed E-state index contributed by atoms with van der Waals surface area (Å²) in [6, 6.07) is 11.0. The summed E-state index contributed by atoms with van der Waals surface area (Å²) in [7, 11) is 1.36. The van der Waals surface area contributed by atoms with Crippen LogP contribution in [-0.4, -0.2) is 41.5 Å². The first-order valence-electron chi connectivity index (χ1n) is 8.63. The molecule has 1 aromatic heterocycles. The number of ether oxygens (including phenoxy) is 1. The summed E-state index contributed by atoms with van der Waals surface area (Å²) < 4.78 is 5.85. The van der Waals surface area contributed by atoms with E-state index in [1.54, 1.807) is 11.0 Å². The number of rotatable bonds is 3. The van der Waals surface area contributed by atoms with Crippen LogP contribution in [0.3, 0.4) is 0 Å². The second-order valence-electron chi connectivity index (χ2n) is 6.37. The number of amides is 1. The molecule has 6 heteroatoms. The lowest BCUT2D eigenvalue weighted by Gasteiger charge is -2.34. The first-order valence-corrected chi connectivity index (χ1v) is 9.43. The maximum Gasteiger partial charge on any atom is 0.328 e. The Morgan fingerprint density at radius 2 is 2.04 bits per heavy atom. The van der Waals surface area contributed by atoms with E-state index in [1.807, 2.05) is 37.3 Å². The number of piperidine rings is 1. The SMILES string of the molecule is COC(=O)C1CCCCN1C(=O)c1ccc(-c2cccc(Br)c2)nc1C. The molecule has 5 nitrogen and oxygen atoms in total. The first kappa shape index (κ1) is 18.6. The van der Waals surface area contributed by atoms with Gasteiger partial charge in [0.15, 0.2) is 0 Å². The highest BCUT2D eigenvalue weighted by atomic mass is 79.9. The maximum atomic E-state index is 13.0. The molecule has 1 atom stereocenters. The molecule has 3 rings (SSSR count). The van der Waals surface area contributed by atoms with Crippen molar-refractivity contribution in [3.05, 3.63) is 52.1 Å². The van der Waals surface area contributed by atoms with Crippen LogP contribution in [0.15, 0.2) is 40.9 Å². The summed E-state index contributed by atoms with van der Waals surface area (Å²) in [6.07, 6.45) is 2.45. The van der Waals surface area contributed by atoms with E-state index in [-0.39, 0.29) is 11.9 Å². The molecule has 1 aromatic carbocycles.